The molecule has 0 saturated heterocycles. The molecule has 10 heteroatoms. The van der Waals surface area contributed by atoms with Crippen LogP contribution in [0.25, 0.3) is 44.8 Å². The fraction of sp³-hybridized carbons (Fsp3) is 0.0323. The molecule has 0 spiro atoms. The Labute approximate surface area is 451 Å². The first-order valence-corrected chi connectivity index (χ1v) is 27.4. The summed E-state index contributed by atoms with van der Waals surface area (Å²) < 4.78 is 8.31. The van der Waals surface area contributed by atoms with Crippen molar-refractivity contribution in [3.63, 3.8) is 0 Å². The molecule has 354 valence electrons. The van der Waals surface area contributed by atoms with E-state index in [2.05, 4.69) is 264 Å². The number of para-hydroxylation sites is 4. The summed E-state index contributed by atoms with van der Waals surface area (Å²) in [6.07, 6.45) is 10.9. The molecular formula is C62H44N6Pt2Si2-4. The Hall–Kier alpha value is -7.19. The Morgan fingerprint density at radius 1 is 0.347 bits per heavy atom. The van der Waals surface area contributed by atoms with Gasteiger partial charge in [0.25, 0.3) is 0 Å². The van der Waals surface area contributed by atoms with Crippen LogP contribution in [-0.4, -0.2) is 35.2 Å². The van der Waals surface area contributed by atoms with E-state index in [4.69, 9.17) is 9.97 Å². The van der Waals surface area contributed by atoms with Crippen molar-refractivity contribution in [2.75, 3.05) is 0 Å². The molecule has 0 saturated carbocycles. The van der Waals surface area contributed by atoms with Crippen molar-refractivity contribution in [1.82, 2.24) is 19.1 Å². The zero-order chi connectivity index (χ0) is 47.1. The number of aromatic nitrogens is 6. The fourth-order valence-electron chi connectivity index (χ4n) is 10.4. The first kappa shape index (κ1) is 48.4. The average Bonchev–Trinajstić information content (AvgIpc) is 3.96. The third-order valence-electron chi connectivity index (χ3n) is 13.6. The normalized spacial score (nSPS) is 11.5. The van der Waals surface area contributed by atoms with Gasteiger partial charge in [-0.3, -0.25) is 0 Å². The van der Waals surface area contributed by atoms with Crippen LogP contribution in [0, 0.1) is 36.9 Å². The molecule has 0 radical (unpaired) electrons. The molecule has 0 amide bonds. The minimum absolute atomic E-state index is 0. The van der Waals surface area contributed by atoms with E-state index in [1.165, 1.54) is 20.7 Å². The number of rotatable bonds is 11. The first-order chi connectivity index (χ1) is 34.5. The zero-order valence-electron chi connectivity index (χ0n) is 39.3. The summed E-state index contributed by atoms with van der Waals surface area (Å²) in [4.78, 5) is 10.2. The molecule has 0 N–H and O–H groups in total. The molecule has 4 aromatic heterocycles. The van der Waals surface area contributed by atoms with E-state index in [1.54, 1.807) is 0 Å². The van der Waals surface area contributed by atoms with Crippen molar-refractivity contribution in [3.8, 4) is 22.8 Å². The Morgan fingerprint density at radius 3 is 1.03 bits per heavy atom. The molecule has 12 aromatic rings. The quantitative estimate of drug-likeness (QED) is 0.0772. The number of pyridine rings is 2. The Morgan fingerprint density at radius 2 is 0.667 bits per heavy atom. The van der Waals surface area contributed by atoms with Gasteiger partial charge in [-0.25, -0.2) is 12.1 Å². The van der Waals surface area contributed by atoms with Gasteiger partial charge in [-0.2, -0.15) is 69.3 Å². The van der Waals surface area contributed by atoms with Crippen molar-refractivity contribution in [1.29, 1.82) is 0 Å². The summed E-state index contributed by atoms with van der Waals surface area (Å²) in [6, 6.07) is 93.5. The zero-order valence-corrected chi connectivity index (χ0v) is 45.8. The molecule has 0 aliphatic heterocycles. The SMILES string of the molecule is Cn1[c-][n+](-c2[c-]c([Si](c3[c-]c(-c4[c-]c([Si](c5[c-]c(-[n+]6[c-]n(C)c7ccccc76)ccc5)(c5ccccc5)c5ccccc5)ccn4)ncc3)(c3ccccc3)c3ccccc3)ccc2)c2ccccc21.[Pt].[Pt]. The summed E-state index contributed by atoms with van der Waals surface area (Å²) in [5.74, 6) is 0. The van der Waals surface area contributed by atoms with Gasteiger partial charge in [-0.15, -0.1) is 23.5 Å². The van der Waals surface area contributed by atoms with Gasteiger partial charge in [0.15, 0.2) is 0 Å². The number of fused-ring (bicyclic) bond motifs is 2. The van der Waals surface area contributed by atoms with E-state index in [1.807, 2.05) is 35.6 Å². The second-order valence-electron chi connectivity index (χ2n) is 17.5. The molecule has 72 heavy (non-hydrogen) atoms. The number of aryl methyl sites for hydroxylation is 2. The van der Waals surface area contributed by atoms with Gasteiger partial charge >= 0.3 is 0 Å². The van der Waals surface area contributed by atoms with Gasteiger partial charge in [0, 0.05) is 42.1 Å². The van der Waals surface area contributed by atoms with Crippen LogP contribution in [-0.2, 0) is 56.2 Å². The number of hydrogen-bond acceptors (Lipinski definition) is 2. The van der Waals surface area contributed by atoms with Gasteiger partial charge in [-0.1, -0.05) is 181 Å². The minimum Gasteiger partial charge on any atom is -0.357 e. The smallest absolute Gasteiger partial charge is 0.242 e. The van der Waals surface area contributed by atoms with Crippen LogP contribution in [0.1, 0.15) is 0 Å². The third-order valence-corrected chi connectivity index (χ3v) is 22.8. The largest absolute Gasteiger partial charge is 0.357 e. The van der Waals surface area contributed by atoms with Crippen molar-refractivity contribution < 1.29 is 51.3 Å². The van der Waals surface area contributed by atoms with E-state index >= 15 is 0 Å². The fourth-order valence-corrected chi connectivity index (χ4v) is 19.5. The van der Waals surface area contributed by atoms with E-state index in [0.29, 0.717) is 11.4 Å². The minimum atomic E-state index is -3.18. The molecule has 4 heterocycles. The van der Waals surface area contributed by atoms with E-state index in [-0.39, 0.29) is 42.1 Å². The van der Waals surface area contributed by atoms with E-state index in [9.17, 15) is 0 Å². The van der Waals surface area contributed by atoms with Gasteiger partial charge in [0.05, 0.1) is 36.2 Å². The van der Waals surface area contributed by atoms with E-state index < -0.39 is 16.1 Å². The number of benzene rings is 8. The second-order valence-corrected chi connectivity index (χ2v) is 25.0. The van der Waals surface area contributed by atoms with Crippen LogP contribution in [0.5, 0.6) is 0 Å². The van der Waals surface area contributed by atoms with Crippen molar-refractivity contribution in [3.05, 3.63) is 268 Å². The molecule has 0 aliphatic carbocycles. The molecule has 0 aliphatic rings. The van der Waals surface area contributed by atoms with Crippen LogP contribution >= 0.6 is 0 Å². The number of hydrogen-bond donors (Lipinski definition) is 0. The second kappa shape index (κ2) is 20.5. The third kappa shape index (κ3) is 8.22. The van der Waals surface area contributed by atoms with Gasteiger partial charge in [0.1, 0.15) is 16.1 Å². The molecule has 0 atom stereocenters. The monoisotopic (exact) mass is 1320 g/mol. The van der Waals surface area contributed by atoms with Crippen molar-refractivity contribution in [2.45, 2.75) is 0 Å². The maximum atomic E-state index is 5.08. The maximum absolute atomic E-state index is 5.08. The van der Waals surface area contributed by atoms with Gasteiger partial charge in [0.2, 0.25) is 12.7 Å². The first-order valence-electron chi connectivity index (χ1n) is 23.4. The Kier molecular flexibility index (Phi) is 13.8. The molecule has 8 aromatic carbocycles. The van der Waals surface area contributed by atoms with Crippen LogP contribution < -0.4 is 50.6 Å². The summed E-state index contributed by atoms with van der Waals surface area (Å²) in [5.41, 5.74) is 7.38. The summed E-state index contributed by atoms with van der Waals surface area (Å²) in [5, 5.41) is 9.07. The summed E-state index contributed by atoms with van der Waals surface area (Å²) in [7, 11) is -2.29. The van der Waals surface area contributed by atoms with E-state index in [0.717, 1.165) is 54.2 Å². The standard InChI is InChI=1S/C62H44N6Si2.2Pt/c1-65-45-67(61-35-17-15-33-59(61)65)47-21-19-31-53(41-47)69(49-23-7-3-8-24-49,50-25-9-4-10-26-50)55-37-39-63-57(43-55)58-44-56(38-40-64-58)70(51-27-11-5-12-28-51,52-29-13-6-14-30-52)54-32-20-22-48(42-54)68-46-66(2)60-34-16-18-36-62(60)68;;/h3-40H,1-2H3;;/q-4;;. The van der Waals surface area contributed by atoms with Crippen LogP contribution in [0.3, 0.4) is 0 Å². The summed E-state index contributed by atoms with van der Waals surface area (Å²) in [6.45, 7) is 0. The maximum Gasteiger partial charge on any atom is 0.242 e. The van der Waals surface area contributed by atoms with Crippen LogP contribution in [0.2, 0.25) is 0 Å². The van der Waals surface area contributed by atoms with Crippen molar-refractivity contribution >= 4 is 79.7 Å². The predicted octanol–water partition coefficient (Wildman–Crippen LogP) is 5.23. The molecule has 0 unspecified atom stereocenters. The molecular weight excluding hydrogens is 1280 g/mol. The number of imidazole rings is 2. The molecule has 0 fully saturated rings. The van der Waals surface area contributed by atoms with Crippen LogP contribution in [0.15, 0.2) is 231 Å². The molecule has 6 nitrogen and oxygen atoms in total. The Balaban J connectivity index is 0.00000298. The van der Waals surface area contributed by atoms with Crippen molar-refractivity contribution in [2.24, 2.45) is 14.1 Å². The van der Waals surface area contributed by atoms with Gasteiger partial charge in [-0.05, 0) is 33.1 Å². The van der Waals surface area contributed by atoms with Crippen LogP contribution in [0.4, 0.5) is 0 Å². The Bertz CT molecular complexity index is 3500. The average molecular weight is 1320 g/mol. The predicted molar refractivity (Wildman–Crippen MR) is 284 cm³/mol. The molecule has 0 bridgehead atoms. The van der Waals surface area contributed by atoms with Gasteiger partial charge < -0.3 is 28.2 Å². The summed E-state index contributed by atoms with van der Waals surface area (Å²) >= 11 is 0. The molecule has 12 rings (SSSR count). The topological polar surface area (TPSA) is 43.4 Å². The number of nitrogens with zero attached hydrogens (tertiary/aromatic N) is 6.